The monoisotopic (exact) mass is 463 g/mol. The lowest BCUT2D eigenvalue weighted by Crippen LogP contribution is -2.34. The van der Waals surface area contributed by atoms with Crippen LogP contribution < -0.4 is 15.0 Å². The number of piperidine rings is 1. The topological polar surface area (TPSA) is 80.2 Å². The van der Waals surface area contributed by atoms with Gasteiger partial charge in [0.1, 0.15) is 21.8 Å². The number of fused-ring (bicyclic) bond motifs is 1. The Morgan fingerprint density at radius 2 is 2.30 bits per heavy atom. The highest BCUT2D eigenvalue weighted by atomic mass is 35.5. The molecule has 0 bridgehead atoms. The highest BCUT2D eigenvalue weighted by Crippen LogP contribution is 2.35. The third-order valence-electron chi connectivity index (χ3n) is 4.85. The number of halogens is 1. The molecule has 0 unspecified atom stereocenters. The Hall–Kier alpha value is -2.10. The molecule has 0 saturated carbocycles. The predicted octanol–water partition coefficient (Wildman–Crippen LogP) is 4.72. The van der Waals surface area contributed by atoms with Crippen molar-refractivity contribution in [2.24, 2.45) is 5.92 Å². The van der Waals surface area contributed by atoms with E-state index in [1.165, 1.54) is 30.9 Å². The summed E-state index contributed by atoms with van der Waals surface area (Å²) in [5.74, 6) is 1.26. The van der Waals surface area contributed by atoms with Crippen molar-refractivity contribution in [2.45, 2.75) is 24.8 Å². The van der Waals surface area contributed by atoms with Crippen molar-refractivity contribution in [1.29, 1.82) is 0 Å². The lowest BCUT2D eigenvalue weighted by Gasteiger charge is -2.30. The highest BCUT2D eigenvalue weighted by Gasteiger charge is 2.21. The van der Waals surface area contributed by atoms with E-state index in [9.17, 15) is 4.79 Å². The van der Waals surface area contributed by atoms with Crippen molar-refractivity contribution < 1.29 is 9.53 Å². The minimum absolute atomic E-state index is 0.165. The number of nitrogens with one attached hydrogen (secondary N) is 1. The molecule has 4 rings (SSSR count). The molecule has 1 aliphatic heterocycles. The van der Waals surface area contributed by atoms with Crippen LogP contribution in [0.1, 0.15) is 19.8 Å². The summed E-state index contributed by atoms with van der Waals surface area (Å²) in [5, 5.41) is 5.12. The summed E-state index contributed by atoms with van der Waals surface area (Å²) in [5.41, 5.74) is 1.23. The van der Waals surface area contributed by atoms with Crippen LogP contribution in [0, 0.1) is 5.92 Å². The van der Waals surface area contributed by atoms with Crippen molar-refractivity contribution in [3.63, 3.8) is 0 Å². The first kappa shape index (κ1) is 21.1. The fourth-order valence-electron chi connectivity index (χ4n) is 3.42. The molecule has 1 amide bonds. The fraction of sp³-hybridized carbons (Fsp3) is 0.400. The quantitative estimate of drug-likeness (QED) is 0.418. The number of hydrogen-bond donors (Lipinski definition) is 1. The van der Waals surface area contributed by atoms with E-state index in [-0.39, 0.29) is 11.7 Å². The van der Waals surface area contributed by atoms with Crippen LogP contribution in [-0.4, -0.2) is 46.8 Å². The number of methoxy groups -OCH3 is 1. The number of ether oxygens (including phenoxy) is 1. The normalized spacial score (nSPS) is 16.6. The number of thiazole rings is 1. The number of nitrogens with zero attached hydrogens (tertiary/aromatic N) is 4. The number of anilines is 2. The summed E-state index contributed by atoms with van der Waals surface area (Å²) in [4.78, 5) is 28.2. The second-order valence-corrected chi connectivity index (χ2v) is 9.58. The minimum Gasteiger partial charge on any atom is -0.495 e. The molecule has 1 atom stereocenters. The molecule has 7 nitrogen and oxygen atoms in total. The van der Waals surface area contributed by atoms with E-state index < -0.39 is 0 Å². The first-order valence-electron chi connectivity index (χ1n) is 9.66. The van der Waals surface area contributed by atoms with Gasteiger partial charge in [-0.15, -0.1) is 0 Å². The SMILES string of the molecule is COc1ccc(Cl)cc1NC(=O)CSc1ncnc2nc(N3CCC[C@H](C)C3)sc12. The Kier molecular flexibility index (Phi) is 6.60. The van der Waals surface area contributed by atoms with Gasteiger partial charge in [-0.25, -0.2) is 9.97 Å². The number of benzene rings is 1. The molecule has 158 valence electrons. The standard InChI is InChI=1S/C20H22ClN5O2S2/c1-12-4-3-7-26(9-12)20-25-18-17(30-20)19(23-11-22-18)29-10-16(27)24-14-8-13(21)5-6-15(14)28-2/h5-6,8,11-12H,3-4,7,9-10H2,1-2H3,(H,24,27)/t12-/m0/s1. The van der Waals surface area contributed by atoms with Crippen molar-refractivity contribution in [1.82, 2.24) is 15.0 Å². The minimum atomic E-state index is -0.165. The molecule has 0 aliphatic carbocycles. The number of hydrogen-bond acceptors (Lipinski definition) is 8. The van der Waals surface area contributed by atoms with E-state index in [1.54, 1.807) is 36.6 Å². The molecule has 1 aliphatic rings. The Bertz CT molecular complexity index is 1060. The van der Waals surface area contributed by atoms with Crippen LogP contribution >= 0.6 is 34.7 Å². The van der Waals surface area contributed by atoms with Crippen LogP contribution in [0.3, 0.4) is 0 Å². The van der Waals surface area contributed by atoms with Crippen LogP contribution in [0.15, 0.2) is 29.6 Å². The summed E-state index contributed by atoms with van der Waals surface area (Å²) in [7, 11) is 1.55. The average molecular weight is 464 g/mol. The Labute approximate surface area is 188 Å². The number of thioether (sulfide) groups is 1. The number of amides is 1. The molecule has 3 aromatic rings. The molecule has 0 radical (unpaired) electrons. The number of carbonyl (C=O) groups excluding carboxylic acids is 1. The van der Waals surface area contributed by atoms with E-state index in [1.807, 2.05) is 0 Å². The van der Waals surface area contributed by atoms with Gasteiger partial charge in [0.15, 0.2) is 10.8 Å². The predicted molar refractivity (Wildman–Crippen MR) is 123 cm³/mol. The molecular formula is C20H22ClN5O2S2. The Morgan fingerprint density at radius 3 is 3.10 bits per heavy atom. The number of aromatic nitrogens is 3. The zero-order valence-corrected chi connectivity index (χ0v) is 19.1. The number of carbonyl (C=O) groups is 1. The van der Waals surface area contributed by atoms with Crippen LogP contribution in [0.25, 0.3) is 10.3 Å². The lowest BCUT2D eigenvalue weighted by atomic mass is 10.0. The second-order valence-electron chi connectivity index (χ2n) is 7.20. The molecule has 10 heteroatoms. The van der Waals surface area contributed by atoms with Crippen molar-refractivity contribution in [3.05, 3.63) is 29.5 Å². The van der Waals surface area contributed by atoms with E-state index >= 15 is 0 Å². The zero-order chi connectivity index (χ0) is 21.1. The molecule has 1 N–H and O–H groups in total. The molecule has 30 heavy (non-hydrogen) atoms. The highest BCUT2D eigenvalue weighted by molar-refractivity contribution is 8.00. The maximum atomic E-state index is 12.5. The molecule has 2 aromatic heterocycles. The maximum Gasteiger partial charge on any atom is 0.234 e. The Balaban J connectivity index is 1.46. The molecule has 1 fully saturated rings. The molecular weight excluding hydrogens is 442 g/mol. The summed E-state index contributed by atoms with van der Waals surface area (Å²) in [6, 6.07) is 5.10. The van der Waals surface area contributed by atoms with E-state index in [0.29, 0.717) is 28.0 Å². The van der Waals surface area contributed by atoms with Crippen LogP contribution in [0.4, 0.5) is 10.8 Å². The molecule has 1 saturated heterocycles. The summed E-state index contributed by atoms with van der Waals surface area (Å²) >= 11 is 9.00. The van der Waals surface area contributed by atoms with Gasteiger partial charge in [-0.3, -0.25) is 4.79 Å². The zero-order valence-electron chi connectivity index (χ0n) is 16.7. The first-order chi connectivity index (χ1) is 14.5. The third kappa shape index (κ3) is 4.79. The molecule has 1 aromatic carbocycles. The van der Waals surface area contributed by atoms with E-state index in [2.05, 4.69) is 27.1 Å². The van der Waals surface area contributed by atoms with E-state index in [0.717, 1.165) is 27.9 Å². The van der Waals surface area contributed by atoms with Gasteiger partial charge in [0.25, 0.3) is 0 Å². The van der Waals surface area contributed by atoms with Crippen LogP contribution in [0.5, 0.6) is 5.75 Å². The van der Waals surface area contributed by atoms with Gasteiger partial charge in [-0.05, 0) is 37.0 Å². The van der Waals surface area contributed by atoms with Gasteiger partial charge in [-0.1, -0.05) is 41.6 Å². The van der Waals surface area contributed by atoms with Gasteiger partial charge in [0.05, 0.1) is 18.6 Å². The average Bonchev–Trinajstić information content (AvgIpc) is 3.17. The summed E-state index contributed by atoms with van der Waals surface area (Å²) in [6.07, 6.45) is 3.94. The van der Waals surface area contributed by atoms with Crippen molar-refractivity contribution >= 4 is 61.8 Å². The van der Waals surface area contributed by atoms with Crippen LogP contribution in [-0.2, 0) is 4.79 Å². The van der Waals surface area contributed by atoms with Gasteiger partial charge >= 0.3 is 0 Å². The van der Waals surface area contributed by atoms with Gasteiger partial charge in [0.2, 0.25) is 5.91 Å². The summed E-state index contributed by atoms with van der Waals surface area (Å²) < 4.78 is 6.20. The van der Waals surface area contributed by atoms with E-state index in [4.69, 9.17) is 21.3 Å². The van der Waals surface area contributed by atoms with Crippen LogP contribution in [0.2, 0.25) is 5.02 Å². The molecule has 3 heterocycles. The van der Waals surface area contributed by atoms with Gasteiger partial charge in [0, 0.05) is 18.1 Å². The van der Waals surface area contributed by atoms with Crippen molar-refractivity contribution in [2.75, 3.05) is 36.2 Å². The lowest BCUT2D eigenvalue weighted by molar-refractivity contribution is -0.113. The summed E-state index contributed by atoms with van der Waals surface area (Å²) in [6.45, 7) is 4.30. The van der Waals surface area contributed by atoms with Gasteiger partial charge in [-0.2, -0.15) is 4.98 Å². The second kappa shape index (κ2) is 9.36. The Morgan fingerprint density at radius 1 is 1.43 bits per heavy atom. The maximum absolute atomic E-state index is 12.5. The number of rotatable bonds is 6. The van der Waals surface area contributed by atoms with Crippen molar-refractivity contribution in [3.8, 4) is 5.75 Å². The largest absolute Gasteiger partial charge is 0.495 e. The third-order valence-corrected chi connectivity index (χ3v) is 7.32. The van der Waals surface area contributed by atoms with Gasteiger partial charge < -0.3 is 15.0 Å². The smallest absolute Gasteiger partial charge is 0.234 e. The first-order valence-corrected chi connectivity index (χ1v) is 11.8. The molecule has 0 spiro atoms. The fourth-order valence-corrected chi connectivity index (χ4v) is 5.52.